The Balaban J connectivity index is 1.57. The number of ketones is 2. The van der Waals surface area contributed by atoms with Crippen molar-refractivity contribution in [3.8, 4) is 11.5 Å². The number of hydrogen-bond donors (Lipinski definition) is 5. The molecule has 0 bridgehead atoms. The number of alkyl halides is 3. The highest BCUT2D eigenvalue weighted by Gasteiger charge is 2.50. The lowest BCUT2D eigenvalue weighted by Gasteiger charge is -2.45. The van der Waals surface area contributed by atoms with Gasteiger partial charge in [0.05, 0.1) is 35.5 Å². The maximum atomic E-state index is 13.5. The summed E-state index contributed by atoms with van der Waals surface area (Å²) in [4.78, 5) is 50.5. The molecule has 45 heavy (non-hydrogen) atoms. The van der Waals surface area contributed by atoms with Gasteiger partial charge in [0.1, 0.15) is 17.6 Å². The number of nitrogens with two attached hydrogens (primary N) is 1. The van der Waals surface area contributed by atoms with Gasteiger partial charge in [0.15, 0.2) is 17.9 Å². The zero-order chi connectivity index (χ0) is 33.2. The van der Waals surface area contributed by atoms with E-state index in [0.29, 0.717) is 0 Å². The summed E-state index contributed by atoms with van der Waals surface area (Å²) in [5, 5.41) is 35.4. The van der Waals surface area contributed by atoms with E-state index in [-0.39, 0.29) is 35.1 Å². The molecule has 2 aliphatic carbocycles. The molecule has 12 nitrogen and oxygen atoms in total. The number of benzene rings is 2. The molecule has 1 fully saturated rings. The Morgan fingerprint density at radius 2 is 1.69 bits per heavy atom. The van der Waals surface area contributed by atoms with Crippen LogP contribution in [0.5, 0.6) is 11.5 Å². The van der Waals surface area contributed by atoms with Crippen LogP contribution < -0.4 is 11.1 Å². The summed E-state index contributed by atoms with van der Waals surface area (Å²) in [5.41, 5.74) is 3.94. The predicted molar refractivity (Wildman–Crippen MR) is 146 cm³/mol. The van der Waals surface area contributed by atoms with Crippen LogP contribution in [0.15, 0.2) is 24.3 Å². The number of amides is 1. The molecule has 0 aromatic heterocycles. The quantitative estimate of drug-likeness (QED) is 0.203. The Bertz CT molecular complexity index is 1590. The number of carbonyl (C=O) groups is 4. The summed E-state index contributed by atoms with van der Waals surface area (Å²) in [6.07, 6.45) is -12.6. The number of phenols is 2. The Morgan fingerprint density at radius 3 is 2.22 bits per heavy atom. The van der Waals surface area contributed by atoms with Crippen molar-refractivity contribution in [2.24, 2.45) is 5.73 Å². The number of nitrogens with one attached hydrogen (secondary N) is 1. The van der Waals surface area contributed by atoms with Crippen LogP contribution in [0.4, 0.5) is 13.2 Å². The Morgan fingerprint density at radius 1 is 1.11 bits per heavy atom. The summed E-state index contributed by atoms with van der Waals surface area (Å²) < 4.78 is 56.5. The van der Waals surface area contributed by atoms with Crippen molar-refractivity contribution in [3.05, 3.63) is 57.6 Å². The van der Waals surface area contributed by atoms with Crippen molar-refractivity contribution in [2.75, 3.05) is 0 Å². The van der Waals surface area contributed by atoms with Crippen molar-refractivity contribution < 1.29 is 61.9 Å². The minimum atomic E-state index is -5.25. The van der Waals surface area contributed by atoms with E-state index in [1.807, 2.05) is 5.32 Å². The number of carbonyl (C=O) groups excluding carboxylic acids is 4. The number of rotatable bonds is 5. The maximum Gasteiger partial charge on any atom is 0.471 e. The summed E-state index contributed by atoms with van der Waals surface area (Å²) in [6, 6.07) is 4.43. The zero-order valence-electron chi connectivity index (χ0n) is 24.3. The van der Waals surface area contributed by atoms with Crippen LogP contribution in [0, 0.1) is 0 Å². The molecule has 1 aliphatic heterocycles. The summed E-state index contributed by atoms with van der Waals surface area (Å²) in [5.74, 6) is -5.89. The first kappa shape index (κ1) is 32.3. The van der Waals surface area contributed by atoms with Crippen molar-refractivity contribution >= 4 is 23.4 Å². The number of esters is 1. The molecule has 0 radical (unpaired) electrons. The smallest absolute Gasteiger partial charge is 0.471 e. The second-order valence-electron chi connectivity index (χ2n) is 11.6. The first-order valence-electron chi connectivity index (χ1n) is 14.1. The van der Waals surface area contributed by atoms with Gasteiger partial charge in [0.2, 0.25) is 0 Å². The van der Waals surface area contributed by atoms with Gasteiger partial charge in [0, 0.05) is 41.1 Å². The van der Waals surface area contributed by atoms with Crippen LogP contribution in [0.1, 0.15) is 82.7 Å². The fourth-order valence-electron chi connectivity index (χ4n) is 6.26. The van der Waals surface area contributed by atoms with E-state index in [2.05, 4.69) is 0 Å². The third-order valence-corrected chi connectivity index (χ3v) is 8.55. The molecule has 6 N–H and O–H groups in total. The van der Waals surface area contributed by atoms with Gasteiger partial charge in [-0.15, -0.1) is 0 Å². The van der Waals surface area contributed by atoms with E-state index in [1.165, 1.54) is 38.1 Å². The van der Waals surface area contributed by atoms with Gasteiger partial charge in [-0.2, -0.15) is 13.2 Å². The van der Waals surface area contributed by atoms with Crippen LogP contribution in [-0.4, -0.2) is 81.1 Å². The molecule has 0 saturated carbocycles. The Kier molecular flexibility index (Phi) is 8.19. The fourth-order valence-corrected chi connectivity index (χ4v) is 6.26. The van der Waals surface area contributed by atoms with Crippen LogP contribution in [0.2, 0.25) is 0 Å². The van der Waals surface area contributed by atoms with E-state index < -0.39 is 101 Å². The van der Waals surface area contributed by atoms with E-state index in [1.54, 1.807) is 0 Å². The topological polar surface area (TPSA) is 195 Å². The number of hydrogen-bond acceptors (Lipinski definition) is 11. The molecule has 2 aromatic carbocycles. The molecule has 0 unspecified atom stereocenters. The third-order valence-electron chi connectivity index (χ3n) is 8.55. The molecular weight excluding hydrogens is 605 g/mol. The largest absolute Gasteiger partial charge is 0.507 e. The van der Waals surface area contributed by atoms with Gasteiger partial charge >= 0.3 is 18.1 Å². The van der Waals surface area contributed by atoms with Gasteiger partial charge in [-0.3, -0.25) is 19.2 Å². The van der Waals surface area contributed by atoms with Gasteiger partial charge in [-0.1, -0.05) is 24.3 Å². The van der Waals surface area contributed by atoms with Gasteiger partial charge in [0.25, 0.3) is 0 Å². The normalized spacial score (nSPS) is 28.4. The van der Waals surface area contributed by atoms with Crippen LogP contribution in [0.25, 0.3) is 0 Å². The number of phenolic OH excluding ortho intramolecular Hbond substituents is 2. The highest BCUT2D eigenvalue weighted by molar-refractivity contribution is 6.30. The lowest BCUT2D eigenvalue weighted by Crippen LogP contribution is -2.59. The zero-order valence-corrected chi connectivity index (χ0v) is 24.3. The first-order chi connectivity index (χ1) is 20.9. The SMILES string of the molecule is CC(=O)O[C@H]1[C@@H](NC(=O)C(F)(F)F)C[C@H](O[C@H]2C[C@](N)([C@H](C)O)Cc3c(O)c4c(c(O)c32)C(=O)c2ccccc2C4=O)O[C@H]1C. The number of aliphatic hydroxyl groups excluding tert-OH is 1. The minimum absolute atomic E-state index is 0.000667. The monoisotopic (exact) mass is 636 g/mol. The summed E-state index contributed by atoms with van der Waals surface area (Å²) in [6.45, 7) is 3.80. The Hall–Kier alpha value is -4.05. The molecule has 1 heterocycles. The van der Waals surface area contributed by atoms with Crippen molar-refractivity contribution in [1.82, 2.24) is 5.32 Å². The lowest BCUT2D eigenvalue weighted by atomic mass is 9.70. The molecule has 7 atom stereocenters. The van der Waals surface area contributed by atoms with Crippen molar-refractivity contribution in [2.45, 2.75) is 88.5 Å². The van der Waals surface area contributed by atoms with E-state index in [4.69, 9.17) is 19.9 Å². The number of halogens is 3. The summed E-state index contributed by atoms with van der Waals surface area (Å²) >= 11 is 0. The summed E-state index contributed by atoms with van der Waals surface area (Å²) in [7, 11) is 0. The number of ether oxygens (including phenoxy) is 3. The average molecular weight is 637 g/mol. The predicted octanol–water partition coefficient (Wildman–Crippen LogP) is 2.07. The standard InChI is InChI=1S/C30H31F3N2O10/c1-11-27(44-13(3)37)17(35-28(42)30(31,32)33)8-19(43-11)45-18-10-29(34,12(2)36)9-16-20(18)26(41)22-21(25(16)40)23(38)14-6-4-5-7-15(14)24(22)39/h4-7,11-12,17-19,27,36,40-41H,8-10,34H2,1-3H3,(H,35,42)/t11-,12-,17-,18-,19-,27+,29-/m0/s1. The second kappa shape index (κ2) is 11.4. The molecule has 2 aromatic rings. The lowest BCUT2D eigenvalue weighted by molar-refractivity contribution is -0.252. The van der Waals surface area contributed by atoms with E-state index in [0.717, 1.165) is 6.92 Å². The molecule has 15 heteroatoms. The van der Waals surface area contributed by atoms with Crippen LogP contribution >= 0.6 is 0 Å². The molecule has 3 aliphatic rings. The number of aromatic hydroxyl groups is 2. The second-order valence-corrected chi connectivity index (χ2v) is 11.6. The van der Waals surface area contributed by atoms with Gasteiger partial charge < -0.3 is 40.6 Å². The number of aliphatic hydroxyl groups is 1. The maximum absolute atomic E-state index is 13.5. The highest BCUT2D eigenvalue weighted by Crippen LogP contribution is 2.52. The van der Waals surface area contributed by atoms with Gasteiger partial charge in [-0.05, 0) is 26.7 Å². The van der Waals surface area contributed by atoms with Gasteiger partial charge in [-0.25, -0.2) is 0 Å². The fraction of sp³-hybridized carbons (Fsp3) is 0.467. The van der Waals surface area contributed by atoms with Crippen LogP contribution in [0.3, 0.4) is 0 Å². The third kappa shape index (κ3) is 5.65. The highest BCUT2D eigenvalue weighted by atomic mass is 19.4. The molecule has 0 spiro atoms. The molecule has 5 rings (SSSR count). The first-order valence-corrected chi connectivity index (χ1v) is 14.1. The Labute approximate surface area is 254 Å². The van der Waals surface area contributed by atoms with Crippen molar-refractivity contribution in [3.63, 3.8) is 0 Å². The average Bonchev–Trinajstić information content (AvgIpc) is 2.94. The van der Waals surface area contributed by atoms with E-state index >= 15 is 0 Å². The van der Waals surface area contributed by atoms with Crippen molar-refractivity contribution in [1.29, 1.82) is 0 Å². The van der Waals surface area contributed by atoms with E-state index in [9.17, 15) is 47.7 Å². The molecule has 1 amide bonds. The minimum Gasteiger partial charge on any atom is -0.507 e. The molecular formula is C30H31F3N2O10. The number of fused-ring (bicyclic) bond motifs is 3. The molecule has 1 saturated heterocycles. The molecule has 242 valence electrons. The van der Waals surface area contributed by atoms with Crippen LogP contribution in [-0.2, 0) is 30.2 Å².